The van der Waals surface area contributed by atoms with E-state index in [4.69, 9.17) is 0 Å². The summed E-state index contributed by atoms with van der Waals surface area (Å²) in [6.45, 7) is 0.521. The molecule has 3 aromatic carbocycles. The van der Waals surface area contributed by atoms with Gasteiger partial charge in [-0.1, -0.05) is 60.7 Å². The standard InChI is InChI=1S/C21H17NO3/c23-20(22-13-12-15-7-2-4-11-18(15)22)19(21(24)25)17-10-5-8-14-6-1-3-9-16(14)17/h1-11,19H,12-13H2,(H,24,25)/t19-/m0/s1. The molecule has 1 N–H and O–H groups in total. The second-order valence-corrected chi connectivity index (χ2v) is 6.21. The first kappa shape index (κ1) is 15.4. The maximum atomic E-state index is 13.1. The van der Waals surface area contributed by atoms with Gasteiger partial charge in [0.25, 0.3) is 0 Å². The van der Waals surface area contributed by atoms with Crippen molar-refractivity contribution in [3.8, 4) is 0 Å². The number of carbonyl (C=O) groups excluding carboxylic acids is 1. The lowest BCUT2D eigenvalue weighted by molar-refractivity contribution is -0.142. The Balaban J connectivity index is 1.80. The second kappa shape index (κ2) is 6.06. The van der Waals surface area contributed by atoms with Gasteiger partial charge in [-0.15, -0.1) is 0 Å². The van der Waals surface area contributed by atoms with Crippen LogP contribution >= 0.6 is 0 Å². The van der Waals surface area contributed by atoms with Crippen molar-refractivity contribution in [3.63, 3.8) is 0 Å². The maximum Gasteiger partial charge on any atom is 0.320 e. The Morgan fingerprint density at radius 1 is 0.920 bits per heavy atom. The Kier molecular flexibility index (Phi) is 3.73. The van der Waals surface area contributed by atoms with Gasteiger partial charge in [0, 0.05) is 12.2 Å². The van der Waals surface area contributed by atoms with Crippen molar-refractivity contribution in [2.75, 3.05) is 11.4 Å². The van der Waals surface area contributed by atoms with Crippen molar-refractivity contribution in [1.82, 2.24) is 0 Å². The molecule has 4 rings (SSSR count). The summed E-state index contributed by atoms with van der Waals surface area (Å²) in [5.41, 5.74) is 2.44. The Morgan fingerprint density at radius 2 is 1.64 bits per heavy atom. The number of amides is 1. The fraction of sp³-hybridized carbons (Fsp3) is 0.143. The molecule has 0 unspecified atom stereocenters. The minimum atomic E-state index is -1.21. The van der Waals surface area contributed by atoms with Gasteiger partial charge in [-0.2, -0.15) is 0 Å². The maximum absolute atomic E-state index is 13.1. The predicted molar refractivity (Wildman–Crippen MR) is 96.8 cm³/mol. The minimum Gasteiger partial charge on any atom is -0.480 e. The molecule has 4 nitrogen and oxygen atoms in total. The number of para-hydroxylation sites is 1. The van der Waals surface area contributed by atoms with E-state index in [1.807, 2.05) is 54.6 Å². The van der Waals surface area contributed by atoms with Crippen LogP contribution in [0.4, 0.5) is 5.69 Å². The fourth-order valence-electron chi connectivity index (χ4n) is 3.60. The zero-order valence-electron chi connectivity index (χ0n) is 13.6. The Bertz CT molecular complexity index is 974. The lowest BCUT2D eigenvalue weighted by Gasteiger charge is -2.23. The average molecular weight is 331 g/mol. The van der Waals surface area contributed by atoms with E-state index < -0.39 is 11.9 Å². The largest absolute Gasteiger partial charge is 0.480 e. The first-order chi connectivity index (χ1) is 12.2. The molecule has 0 fully saturated rings. The molecule has 0 bridgehead atoms. The number of rotatable bonds is 3. The highest BCUT2D eigenvalue weighted by Gasteiger charge is 2.36. The molecule has 3 aromatic rings. The normalized spacial score (nSPS) is 14.3. The van der Waals surface area contributed by atoms with E-state index in [1.165, 1.54) is 0 Å². The van der Waals surface area contributed by atoms with Crippen molar-refractivity contribution in [2.45, 2.75) is 12.3 Å². The number of carboxylic acid groups (broad SMARTS) is 1. The van der Waals surface area contributed by atoms with Crippen LogP contribution in [0.1, 0.15) is 17.0 Å². The second-order valence-electron chi connectivity index (χ2n) is 6.21. The third-order valence-electron chi connectivity index (χ3n) is 4.78. The molecule has 0 saturated heterocycles. The van der Waals surface area contributed by atoms with E-state index in [2.05, 4.69) is 0 Å². The molecule has 4 heteroatoms. The quantitative estimate of drug-likeness (QED) is 0.746. The number of aliphatic carboxylic acids is 1. The number of fused-ring (bicyclic) bond motifs is 2. The van der Waals surface area contributed by atoms with E-state index in [1.54, 1.807) is 17.0 Å². The highest BCUT2D eigenvalue weighted by Crippen LogP contribution is 2.33. The zero-order valence-corrected chi connectivity index (χ0v) is 13.6. The van der Waals surface area contributed by atoms with Crippen LogP contribution in [0, 0.1) is 0 Å². The fourth-order valence-corrected chi connectivity index (χ4v) is 3.60. The van der Waals surface area contributed by atoms with Crippen LogP contribution < -0.4 is 4.90 Å². The van der Waals surface area contributed by atoms with Gasteiger partial charge in [0.15, 0.2) is 5.92 Å². The summed E-state index contributed by atoms with van der Waals surface area (Å²) < 4.78 is 0. The van der Waals surface area contributed by atoms with Crippen LogP contribution in [0.25, 0.3) is 10.8 Å². The van der Waals surface area contributed by atoms with Crippen LogP contribution in [0.15, 0.2) is 66.7 Å². The van der Waals surface area contributed by atoms with Gasteiger partial charge < -0.3 is 10.0 Å². The zero-order chi connectivity index (χ0) is 17.4. The molecule has 0 radical (unpaired) electrons. The molecule has 1 heterocycles. The number of benzene rings is 3. The molecule has 0 aliphatic carbocycles. The van der Waals surface area contributed by atoms with Crippen molar-refractivity contribution >= 4 is 28.3 Å². The molecule has 25 heavy (non-hydrogen) atoms. The average Bonchev–Trinajstić information content (AvgIpc) is 3.06. The van der Waals surface area contributed by atoms with Gasteiger partial charge in [-0.3, -0.25) is 9.59 Å². The Labute approximate surface area is 145 Å². The summed E-state index contributed by atoms with van der Waals surface area (Å²) in [7, 11) is 0. The van der Waals surface area contributed by atoms with Crippen LogP contribution in [-0.2, 0) is 16.0 Å². The first-order valence-corrected chi connectivity index (χ1v) is 8.26. The lowest BCUT2D eigenvalue weighted by Crippen LogP contribution is -2.37. The van der Waals surface area contributed by atoms with E-state index in [0.717, 1.165) is 28.4 Å². The third-order valence-corrected chi connectivity index (χ3v) is 4.78. The molecule has 1 amide bonds. The first-order valence-electron chi connectivity index (χ1n) is 8.26. The van der Waals surface area contributed by atoms with Gasteiger partial charge in [0.2, 0.25) is 5.91 Å². The number of carbonyl (C=O) groups is 2. The van der Waals surface area contributed by atoms with Crippen molar-refractivity contribution < 1.29 is 14.7 Å². The van der Waals surface area contributed by atoms with Crippen LogP contribution in [0.5, 0.6) is 0 Å². The van der Waals surface area contributed by atoms with Crippen molar-refractivity contribution in [2.24, 2.45) is 0 Å². The molecule has 124 valence electrons. The number of nitrogens with zero attached hydrogens (tertiary/aromatic N) is 1. The van der Waals surface area contributed by atoms with Gasteiger partial charge >= 0.3 is 5.97 Å². The van der Waals surface area contributed by atoms with Gasteiger partial charge in [0.05, 0.1) is 0 Å². The summed E-state index contributed by atoms with van der Waals surface area (Å²) in [6.07, 6.45) is 0.754. The predicted octanol–water partition coefficient (Wildman–Crippen LogP) is 3.60. The Hall–Kier alpha value is -3.14. The number of hydrogen-bond acceptors (Lipinski definition) is 2. The van der Waals surface area contributed by atoms with E-state index in [-0.39, 0.29) is 5.91 Å². The number of hydrogen-bond donors (Lipinski definition) is 1. The van der Waals surface area contributed by atoms with E-state index >= 15 is 0 Å². The minimum absolute atomic E-state index is 0.381. The van der Waals surface area contributed by atoms with Crippen molar-refractivity contribution in [3.05, 3.63) is 77.9 Å². The SMILES string of the molecule is O=C(O)[C@H](C(=O)N1CCc2ccccc21)c1cccc2ccccc12. The molecular weight excluding hydrogens is 314 g/mol. The summed E-state index contributed by atoms with van der Waals surface area (Å²) in [5, 5.41) is 11.6. The summed E-state index contributed by atoms with van der Waals surface area (Å²) >= 11 is 0. The number of carboxylic acids is 1. The summed E-state index contributed by atoms with van der Waals surface area (Å²) in [5.74, 6) is -2.71. The van der Waals surface area contributed by atoms with Crippen molar-refractivity contribution in [1.29, 1.82) is 0 Å². The highest BCUT2D eigenvalue weighted by molar-refractivity contribution is 6.13. The summed E-state index contributed by atoms with van der Waals surface area (Å²) in [6, 6.07) is 20.7. The van der Waals surface area contributed by atoms with Crippen LogP contribution in [0.2, 0.25) is 0 Å². The summed E-state index contributed by atoms with van der Waals surface area (Å²) in [4.78, 5) is 26.8. The molecule has 1 aliphatic heterocycles. The molecule has 0 spiro atoms. The van der Waals surface area contributed by atoms with Gasteiger partial charge in [-0.05, 0) is 34.4 Å². The van der Waals surface area contributed by atoms with Gasteiger partial charge in [-0.25, -0.2) is 0 Å². The topological polar surface area (TPSA) is 57.6 Å². The highest BCUT2D eigenvalue weighted by atomic mass is 16.4. The van der Waals surface area contributed by atoms with Crippen LogP contribution in [-0.4, -0.2) is 23.5 Å². The molecule has 1 atom stereocenters. The molecule has 0 aromatic heterocycles. The monoisotopic (exact) mass is 331 g/mol. The smallest absolute Gasteiger partial charge is 0.320 e. The molecular formula is C21H17NO3. The van der Waals surface area contributed by atoms with Gasteiger partial charge in [0.1, 0.15) is 0 Å². The molecule has 1 aliphatic rings. The molecule has 0 saturated carbocycles. The third kappa shape index (κ3) is 2.56. The van der Waals surface area contributed by atoms with E-state index in [0.29, 0.717) is 12.1 Å². The van der Waals surface area contributed by atoms with E-state index in [9.17, 15) is 14.7 Å². The lowest BCUT2D eigenvalue weighted by atomic mass is 9.92. The number of anilines is 1. The van der Waals surface area contributed by atoms with Crippen LogP contribution in [0.3, 0.4) is 0 Å². The Morgan fingerprint density at radius 3 is 2.48 bits per heavy atom.